The van der Waals surface area contributed by atoms with E-state index in [4.69, 9.17) is 5.11 Å². The van der Waals surface area contributed by atoms with Crippen molar-refractivity contribution in [2.24, 2.45) is 7.05 Å². The van der Waals surface area contributed by atoms with Crippen LogP contribution in [0.4, 0.5) is 9.18 Å². The Morgan fingerprint density at radius 1 is 1.30 bits per heavy atom. The Bertz CT molecular complexity index is 722. The Labute approximate surface area is 141 Å². The van der Waals surface area contributed by atoms with E-state index in [1.807, 2.05) is 11.7 Å². The lowest BCUT2D eigenvalue weighted by Crippen LogP contribution is -2.37. The van der Waals surface area contributed by atoms with Gasteiger partial charge in [0.2, 0.25) is 0 Å². The Morgan fingerprint density at radius 2 is 1.91 bits per heavy atom. The zero-order valence-electron chi connectivity index (χ0n) is 12.7. The maximum atomic E-state index is 13.1. The third-order valence-corrected chi connectivity index (χ3v) is 5.08. The van der Waals surface area contributed by atoms with Crippen molar-refractivity contribution in [3.8, 4) is 11.3 Å². The molecule has 0 spiro atoms. The zero-order chi connectivity index (χ0) is 16.6. The van der Waals surface area contributed by atoms with Gasteiger partial charge in [-0.2, -0.15) is 5.10 Å². The number of halogens is 2. The van der Waals surface area contributed by atoms with Gasteiger partial charge in [-0.15, -0.1) is 0 Å². The summed E-state index contributed by atoms with van der Waals surface area (Å²) >= 11 is 3.63. The first-order valence-corrected chi connectivity index (χ1v) is 8.23. The van der Waals surface area contributed by atoms with Crippen molar-refractivity contribution >= 4 is 22.0 Å². The highest BCUT2D eigenvalue weighted by molar-refractivity contribution is 9.10. The number of hydrogen-bond acceptors (Lipinski definition) is 2. The summed E-state index contributed by atoms with van der Waals surface area (Å²) in [6.07, 6.45) is 0.681. The highest BCUT2D eigenvalue weighted by Gasteiger charge is 2.28. The molecule has 1 aromatic heterocycles. The van der Waals surface area contributed by atoms with Gasteiger partial charge in [0.1, 0.15) is 11.5 Å². The summed E-state index contributed by atoms with van der Waals surface area (Å²) in [7, 11) is 1.89. The van der Waals surface area contributed by atoms with Gasteiger partial charge in [0, 0.05) is 31.6 Å². The van der Waals surface area contributed by atoms with E-state index in [1.165, 1.54) is 17.0 Å². The molecule has 1 fully saturated rings. The second kappa shape index (κ2) is 6.31. The molecule has 5 nitrogen and oxygen atoms in total. The van der Waals surface area contributed by atoms with Gasteiger partial charge in [-0.25, -0.2) is 9.18 Å². The van der Waals surface area contributed by atoms with Crippen LogP contribution in [-0.2, 0) is 7.05 Å². The summed E-state index contributed by atoms with van der Waals surface area (Å²) in [5.41, 5.74) is 2.70. The molecule has 23 heavy (non-hydrogen) atoms. The first-order chi connectivity index (χ1) is 11.0. The number of benzene rings is 1. The molecule has 0 aliphatic carbocycles. The predicted octanol–water partition coefficient (Wildman–Crippen LogP) is 3.85. The van der Waals surface area contributed by atoms with Crippen molar-refractivity contribution in [3.05, 3.63) is 40.2 Å². The van der Waals surface area contributed by atoms with Crippen LogP contribution in [0.25, 0.3) is 11.3 Å². The molecule has 1 aliphatic heterocycles. The van der Waals surface area contributed by atoms with E-state index in [-0.39, 0.29) is 11.7 Å². The normalized spacial score (nSPS) is 15.9. The molecule has 122 valence electrons. The van der Waals surface area contributed by atoms with E-state index in [0.29, 0.717) is 13.1 Å². The second-order valence-electron chi connectivity index (χ2n) is 5.72. The van der Waals surface area contributed by atoms with Crippen LogP contribution < -0.4 is 0 Å². The maximum absolute atomic E-state index is 13.1. The van der Waals surface area contributed by atoms with Crippen LogP contribution in [0.3, 0.4) is 0 Å². The molecule has 1 N–H and O–H groups in total. The molecule has 0 unspecified atom stereocenters. The molecule has 0 radical (unpaired) electrons. The molecule has 1 aromatic carbocycles. The van der Waals surface area contributed by atoms with Crippen LogP contribution >= 0.6 is 15.9 Å². The van der Waals surface area contributed by atoms with Crippen LogP contribution in [0.15, 0.2) is 28.7 Å². The van der Waals surface area contributed by atoms with Gasteiger partial charge in [0.15, 0.2) is 0 Å². The van der Waals surface area contributed by atoms with Gasteiger partial charge in [-0.1, -0.05) is 0 Å². The van der Waals surface area contributed by atoms with E-state index in [9.17, 15) is 9.18 Å². The average Bonchev–Trinajstić information content (AvgIpc) is 2.83. The molecule has 0 bridgehead atoms. The van der Waals surface area contributed by atoms with Crippen LogP contribution in [-0.4, -0.2) is 39.0 Å². The number of piperidine rings is 1. The average molecular weight is 382 g/mol. The molecule has 7 heteroatoms. The predicted molar refractivity (Wildman–Crippen MR) is 87.9 cm³/mol. The minimum atomic E-state index is -0.862. The van der Waals surface area contributed by atoms with Crippen LogP contribution in [0.5, 0.6) is 0 Å². The smallest absolute Gasteiger partial charge is 0.407 e. The van der Waals surface area contributed by atoms with Crippen molar-refractivity contribution in [3.63, 3.8) is 0 Å². The summed E-state index contributed by atoms with van der Waals surface area (Å²) in [5, 5.41) is 13.6. The number of rotatable bonds is 2. The van der Waals surface area contributed by atoms with E-state index in [0.717, 1.165) is 34.3 Å². The quantitative estimate of drug-likeness (QED) is 0.859. The highest BCUT2D eigenvalue weighted by atomic mass is 79.9. The molecule has 3 rings (SSSR count). The lowest BCUT2D eigenvalue weighted by molar-refractivity contribution is 0.131. The molecule has 2 heterocycles. The third-order valence-electron chi connectivity index (χ3n) is 4.30. The zero-order valence-corrected chi connectivity index (χ0v) is 14.3. The van der Waals surface area contributed by atoms with Crippen LogP contribution in [0.1, 0.15) is 24.5 Å². The topological polar surface area (TPSA) is 58.4 Å². The maximum Gasteiger partial charge on any atom is 0.407 e. The lowest BCUT2D eigenvalue weighted by Gasteiger charge is -2.30. The minimum absolute atomic E-state index is 0.256. The number of aromatic nitrogens is 2. The second-order valence-corrected chi connectivity index (χ2v) is 6.52. The Kier molecular flexibility index (Phi) is 4.39. The first-order valence-electron chi connectivity index (χ1n) is 7.43. The van der Waals surface area contributed by atoms with Gasteiger partial charge in [-0.05, 0) is 53.0 Å². The molecule has 0 atom stereocenters. The summed E-state index contributed by atoms with van der Waals surface area (Å²) in [5.74, 6) is -0.0197. The summed E-state index contributed by atoms with van der Waals surface area (Å²) in [6.45, 7) is 1.06. The number of hydrogen-bond donors (Lipinski definition) is 1. The van der Waals surface area contributed by atoms with Crippen LogP contribution in [0.2, 0.25) is 0 Å². The Hall–Kier alpha value is -1.89. The van der Waals surface area contributed by atoms with Gasteiger partial charge >= 0.3 is 6.09 Å². The Balaban J connectivity index is 1.87. The van der Waals surface area contributed by atoms with Gasteiger partial charge in [0.05, 0.1) is 10.2 Å². The first kappa shape index (κ1) is 16.0. The highest BCUT2D eigenvalue weighted by Crippen LogP contribution is 2.38. The molecule has 0 saturated carbocycles. The fourth-order valence-corrected chi connectivity index (χ4v) is 3.98. The van der Waals surface area contributed by atoms with Gasteiger partial charge in [-0.3, -0.25) is 4.68 Å². The van der Waals surface area contributed by atoms with Crippen molar-refractivity contribution in [2.75, 3.05) is 13.1 Å². The minimum Gasteiger partial charge on any atom is -0.465 e. The number of amides is 1. The number of carbonyl (C=O) groups is 1. The molecular weight excluding hydrogens is 365 g/mol. The number of likely N-dealkylation sites (tertiary alicyclic amines) is 1. The SMILES string of the molecule is Cn1nc(-c2ccc(F)cc2)c(Br)c1C1CCN(C(=O)O)CC1. The largest absolute Gasteiger partial charge is 0.465 e. The summed E-state index contributed by atoms with van der Waals surface area (Å²) in [4.78, 5) is 12.5. The van der Waals surface area contributed by atoms with Crippen molar-refractivity contribution < 1.29 is 14.3 Å². The number of aryl methyl sites for hydroxylation is 1. The van der Waals surface area contributed by atoms with Crippen molar-refractivity contribution in [1.82, 2.24) is 14.7 Å². The van der Waals surface area contributed by atoms with E-state index in [1.54, 1.807) is 12.1 Å². The van der Waals surface area contributed by atoms with E-state index >= 15 is 0 Å². The van der Waals surface area contributed by atoms with Crippen LogP contribution in [0, 0.1) is 5.82 Å². The molecule has 1 saturated heterocycles. The van der Waals surface area contributed by atoms with Crippen molar-refractivity contribution in [2.45, 2.75) is 18.8 Å². The number of nitrogens with zero attached hydrogens (tertiary/aromatic N) is 3. The summed E-state index contributed by atoms with van der Waals surface area (Å²) in [6, 6.07) is 6.25. The van der Waals surface area contributed by atoms with E-state index < -0.39 is 6.09 Å². The lowest BCUT2D eigenvalue weighted by atomic mass is 9.93. The standard InChI is InChI=1S/C16H17BrFN3O2/c1-20-15(11-6-8-21(9-7-11)16(22)23)13(17)14(19-20)10-2-4-12(18)5-3-10/h2-5,11H,6-9H2,1H3,(H,22,23). The molecule has 1 amide bonds. The molecule has 1 aliphatic rings. The van der Waals surface area contributed by atoms with Gasteiger partial charge in [0.25, 0.3) is 0 Å². The van der Waals surface area contributed by atoms with Gasteiger partial charge < -0.3 is 10.0 Å². The summed E-state index contributed by atoms with van der Waals surface area (Å²) < 4.78 is 15.8. The number of carboxylic acid groups (broad SMARTS) is 1. The fraction of sp³-hybridized carbons (Fsp3) is 0.375. The van der Waals surface area contributed by atoms with Crippen molar-refractivity contribution in [1.29, 1.82) is 0 Å². The molecule has 2 aromatic rings. The fourth-order valence-electron chi connectivity index (χ4n) is 3.09. The third kappa shape index (κ3) is 3.10. The monoisotopic (exact) mass is 381 g/mol. The molecular formula is C16H17BrFN3O2. The van der Waals surface area contributed by atoms with E-state index in [2.05, 4.69) is 21.0 Å². The Morgan fingerprint density at radius 3 is 2.48 bits per heavy atom.